The molecular weight excluding hydrogens is 270 g/mol. The van der Waals surface area contributed by atoms with Crippen LogP contribution in [0.4, 0.5) is 0 Å². The Hall–Kier alpha value is -2.21. The topological polar surface area (TPSA) is 75.3 Å². The summed E-state index contributed by atoms with van der Waals surface area (Å²) >= 11 is 0. The van der Waals surface area contributed by atoms with E-state index in [4.69, 9.17) is 4.74 Å². The van der Waals surface area contributed by atoms with Crippen molar-refractivity contribution in [2.45, 2.75) is 19.4 Å². The number of aromatic nitrogens is 2. The second-order valence-electron chi connectivity index (χ2n) is 5.77. The fourth-order valence-corrected chi connectivity index (χ4v) is 2.64. The highest BCUT2D eigenvalue weighted by Crippen LogP contribution is 2.23. The van der Waals surface area contributed by atoms with E-state index in [0.717, 1.165) is 0 Å². The van der Waals surface area contributed by atoms with Crippen molar-refractivity contribution < 1.29 is 9.53 Å². The zero-order valence-corrected chi connectivity index (χ0v) is 12.0. The van der Waals surface area contributed by atoms with Gasteiger partial charge in [0.15, 0.2) is 5.69 Å². The highest BCUT2D eigenvalue weighted by Gasteiger charge is 2.35. The van der Waals surface area contributed by atoms with E-state index in [1.165, 1.54) is 0 Å². The monoisotopic (exact) mass is 287 g/mol. The number of hydrogen-bond acceptors (Lipinski definition) is 4. The standard InChI is InChI=1S/C15H17N3O3/c1-15(2)9-21-8-7-18(15)14(20)12-10-5-3-4-6-11(10)13(19)17-16-12/h3-6H,7-9H2,1-2H3,(H,17,19). The number of carbonyl (C=O) groups is 1. The maximum atomic E-state index is 12.8. The molecule has 2 aromatic rings. The predicted molar refractivity (Wildman–Crippen MR) is 78.3 cm³/mol. The fraction of sp³-hybridized carbons (Fsp3) is 0.400. The molecule has 1 aromatic heterocycles. The Kier molecular flexibility index (Phi) is 3.25. The van der Waals surface area contributed by atoms with Gasteiger partial charge >= 0.3 is 0 Å². The lowest BCUT2D eigenvalue weighted by Crippen LogP contribution is -2.55. The van der Waals surface area contributed by atoms with Gasteiger partial charge in [0.05, 0.1) is 24.1 Å². The van der Waals surface area contributed by atoms with Crippen LogP contribution in [-0.4, -0.2) is 46.3 Å². The summed E-state index contributed by atoms with van der Waals surface area (Å²) < 4.78 is 5.44. The number of amides is 1. The first-order chi connectivity index (χ1) is 10.0. The van der Waals surface area contributed by atoms with Crippen LogP contribution in [0.1, 0.15) is 24.3 Å². The van der Waals surface area contributed by atoms with Gasteiger partial charge in [-0.3, -0.25) is 9.59 Å². The van der Waals surface area contributed by atoms with E-state index in [9.17, 15) is 9.59 Å². The molecule has 1 aliphatic rings. The first-order valence-corrected chi connectivity index (χ1v) is 6.88. The minimum Gasteiger partial charge on any atom is -0.377 e. The fourth-order valence-electron chi connectivity index (χ4n) is 2.64. The number of ether oxygens (including phenoxy) is 1. The molecule has 1 aliphatic heterocycles. The quantitative estimate of drug-likeness (QED) is 0.854. The van der Waals surface area contributed by atoms with E-state index >= 15 is 0 Å². The third-order valence-electron chi connectivity index (χ3n) is 3.79. The van der Waals surface area contributed by atoms with Gasteiger partial charge in [0.25, 0.3) is 11.5 Å². The lowest BCUT2D eigenvalue weighted by molar-refractivity contribution is -0.0372. The molecule has 0 aliphatic carbocycles. The summed E-state index contributed by atoms with van der Waals surface area (Å²) in [7, 11) is 0. The first kappa shape index (κ1) is 13.8. The van der Waals surface area contributed by atoms with Crippen LogP contribution in [0.25, 0.3) is 10.8 Å². The second-order valence-corrected chi connectivity index (χ2v) is 5.77. The molecule has 3 rings (SSSR count). The zero-order chi connectivity index (χ0) is 15.0. The van der Waals surface area contributed by atoms with Gasteiger partial charge in [-0.25, -0.2) is 5.10 Å². The van der Waals surface area contributed by atoms with Gasteiger partial charge in [-0.2, -0.15) is 5.10 Å². The van der Waals surface area contributed by atoms with Crippen LogP contribution in [0.5, 0.6) is 0 Å². The molecule has 0 radical (unpaired) electrons. The molecule has 2 heterocycles. The number of rotatable bonds is 1. The lowest BCUT2D eigenvalue weighted by atomic mass is 10.0. The van der Waals surface area contributed by atoms with E-state index in [-0.39, 0.29) is 17.2 Å². The van der Waals surface area contributed by atoms with Crippen LogP contribution in [0.2, 0.25) is 0 Å². The van der Waals surface area contributed by atoms with Crippen molar-refractivity contribution >= 4 is 16.7 Å². The Morgan fingerprint density at radius 2 is 2.05 bits per heavy atom. The first-order valence-electron chi connectivity index (χ1n) is 6.88. The third kappa shape index (κ3) is 2.31. The summed E-state index contributed by atoms with van der Waals surface area (Å²) in [5.74, 6) is -0.184. The number of aromatic amines is 1. The van der Waals surface area contributed by atoms with Gasteiger partial charge in [-0.1, -0.05) is 18.2 Å². The van der Waals surface area contributed by atoms with E-state index in [1.807, 2.05) is 13.8 Å². The van der Waals surface area contributed by atoms with Crippen LogP contribution >= 0.6 is 0 Å². The Bertz CT molecular complexity index is 751. The molecule has 6 heteroatoms. The highest BCUT2D eigenvalue weighted by molar-refractivity contribution is 6.05. The van der Waals surface area contributed by atoms with Crippen LogP contribution in [-0.2, 0) is 4.74 Å². The van der Waals surface area contributed by atoms with Crippen molar-refractivity contribution in [3.63, 3.8) is 0 Å². The number of benzene rings is 1. The van der Waals surface area contributed by atoms with Gasteiger partial charge in [0.1, 0.15) is 0 Å². The molecule has 1 saturated heterocycles. The SMILES string of the molecule is CC1(C)COCCN1C(=O)c1n[nH]c(=O)c2ccccc12. The summed E-state index contributed by atoms with van der Waals surface area (Å²) in [6, 6.07) is 7.00. The van der Waals surface area contributed by atoms with Crippen LogP contribution in [0.3, 0.4) is 0 Å². The molecular formula is C15H17N3O3. The molecule has 0 bridgehead atoms. The number of H-pyrrole nitrogens is 1. The molecule has 6 nitrogen and oxygen atoms in total. The smallest absolute Gasteiger partial charge is 0.275 e. The highest BCUT2D eigenvalue weighted by atomic mass is 16.5. The molecule has 1 fully saturated rings. The van der Waals surface area contributed by atoms with Crippen molar-refractivity contribution in [2.75, 3.05) is 19.8 Å². The molecule has 0 spiro atoms. The van der Waals surface area contributed by atoms with Gasteiger partial charge in [0.2, 0.25) is 0 Å². The molecule has 0 unspecified atom stereocenters. The van der Waals surface area contributed by atoms with Gasteiger partial charge < -0.3 is 9.64 Å². The molecule has 110 valence electrons. The zero-order valence-electron chi connectivity index (χ0n) is 12.0. The Labute approximate surface area is 121 Å². The minimum atomic E-state index is -0.395. The van der Waals surface area contributed by atoms with E-state index in [1.54, 1.807) is 29.2 Å². The minimum absolute atomic E-state index is 0.184. The maximum Gasteiger partial charge on any atom is 0.275 e. The van der Waals surface area contributed by atoms with Crippen LogP contribution in [0, 0.1) is 0 Å². The van der Waals surface area contributed by atoms with Gasteiger partial charge in [0, 0.05) is 11.9 Å². The van der Waals surface area contributed by atoms with E-state index in [2.05, 4.69) is 10.2 Å². The molecule has 0 saturated carbocycles. The van der Waals surface area contributed by atoms with Crippen molar-refractivity contribution in [1.82, 2.24) is 15.1 Å². The summed E-state index contributed by atoms with van der Waals surface area (Å²) in [6.45, 7) is 5.42. The average molecular weight is 287 g/mol. The number of hydrogen-bond donors (Lipinski definition) is 1. The van der Waals surface area contributed by atoms with Crippen LogP contribution in [0.15, 0.2) is 29.1 Å². The maximum absolute atomic E-state index is 12.8. The number of fused-ring (bicyclic) bond motifs is 1. The largest absolute Gasteiger partial charge is 0.377 e. The molecule has 1 aromatic carbocycles. The molecule has 0 atom stereocenters. The summed E-state index contributed by atoms with van der Waals surface area (Å²) in [4.78, 5) is 26.4. The van der Waals surface area contributed by atoms with E-state index in [0.29, 0.717) is 30.5 Å². The second kappa shape index (κ2) is 4.96. The van der Waals surface area contributed by atoms with Crippen molar-refractivity contribution in [3.05, 3.63) is 40.3 Å². The summed E-state index contributed by atoms with van der Waals surface area (Å²) in [6.07, 6.45) is 0. The van der Waals surface area contributed by atoms with Crippen molar-refractivity contribution in [1.29, 1.82) is 0 Å². The van der Waals surface area contributed by atoms with Crippen molar-refractivity contribution in [3.8, 4) is 0 Å². The number of carbonyl (C=O) groups excluding carboxylic acids is 1. The number of nitrogens with one attached hydrogen (secondary N) is 1. The van der Waals surface area contributed by atoms with Gasteiger partial charge in [-0.05, 0) is 19.9 Å². The number of nitrogens with zero attached hydrogens (tertiary/aromatic N) is 2. The molecule has 21 heavy (non-hydrogen) atoms. The van der Waals surface area contributed by atoms with Gasteiger partial charge in [-0.15, -0.1) is 0 Å². The predicted octanol–water partition coefficient (Wildman–Crippen LogP) is 1.17. The third-order valence-corrected chi connectivity index (χ3v) is 3.79. The van der Waals surface area contributed by atoms with E-state index < -0.39 is 5.54 Å². The Balaban J connectivity index is 2.10. The normalized spacial score (nSPS) is 17.9. The number of morpholine rings is 1. The lowest BCUT2D eigenvalue weighted by Gasteiger charge is -2.41. The summed E-state index contributed by atoms with van der Waals surface area (Å²) in [5.41, 5.74) is -0.405. The Morgan fingerprint density at radius 3 is 2.76 bits per heavy atom. The summed E-state index contributed by atoms with van der Waals surface area (Å²) in [5, 5.41) is 7.43. The molecule has 1 amide bonds. The molecule has 1 N–H and O–H groups in total. The van der Waals surface area contributed by atoms with Crippen molar-refractivity contribution in [2.24, 2.45) is 0 Å². The van der Waals surface area contributed by atoms with Crippen LogP contribution < -0.4 is 5.56 Å². The average Bonchev–Trinajstić information content (AvgIpc) is 2.47. The Morgan fingerprint density at radius 1 is 1.33 bits per heavy atom.